The second-order valence-electron chi connectivity index (χ2n) is 5.37. The van der Waals surface area contributed by atoms with Gasteiger partial charge in [-0.3, -0.25) is 4.79 Å². The summed E-state index contributed by atoms with van der Waals surface area (Å²) in [5, 5.41) is 6.42. The lowest BCUT2D eigenvalue weighted by Gasteiger charge is -2.28. The van der Waals surface area contributed by atoms with E-state index in [1.807, 2.05) is 25.1 Å². The van der Waals surface area contributed by atoms with E-state index in [-0.39, 0.29) is 11.9 Å². The van der Waals surface area contributed by atoms with Gasteiger partial charge in [-0.05, 0) is 37.9 Å². The smallest absolute Gasteiger partial charge is 0.255 e. The molecule has 1 fully saturated rings. The zero-order valence-corrected chi connectivity index (χ0v) is 11.8. The molecular formula is C15H22N2O2. The van der Waals surface area contributed by atoms with E-state index in [1.54, 1.807) is 7.11 Å². The van der Waals surface area contributed by atoms with Gasteiger partial charge in [0.2, 0.25) is 0 Å². The van der Waals surface area contributed by atoms with Crippen LogP contribution in [0.4, 0.5) is 0 Å². The third kappa shape index (κ3) is 3.47. The van der Waals surface area contributed by atoms with E-state index >= 15 is 0 Å². The Kier molecular flexibility index (Phi) is 4.43. The lowest BCUT2D eigenvalue weighted by Crippen LogP contribution is -2.48. The Balaban J connectivity index is 2.09. The van der Waals surface area contributed by atoms with Crippen molar-refractivity contribution in [2.24, 2.45) is 5.92 Å². The Bertz CT molecular complexity index is 459. The average Bonchev–Trinajstić information content (AvgIpc) is 2.38. The number of aryl methyl sites for hydroxylation is 1. The molecule has 0 bridgehead atoms. The van der Waals surface area contributed by atoms with Gasteiger partial charge in [0.15, 0.2) is 0 Å². The van der Waals surface area contributed by atoms with Crippen LogP contribution >= 0.6 is 0 Å². The molecule has 1 amide bonds. The molecular weight excluding hydrogens is 240 g/mol. The Morgan fingerprint density at radius 2 is 2.21 bits per heavy atom. The van der Waals surface area contributed by atoms with Gasteiger partial charge in [0, 0.05) is 12.6 Å². The number of nitrogens with one attached hydrogen (secondary N) is 2. The fourth-order valence-electron chi connectivity index (χ4n) is 2.53. The first-order valence-electron chi connectivity index (χ1n) is 6.76. The molecule has 0 radical (unpaired) electrons. The standard InChI is InChI=1S/C15H22N2O2/c1-10-4-5-14(19-3)13(7-10)15(18)17-12-6-11(2)8-16-9-12/h4-5,7,11-12,16H,6,8-9H2,1-3H3,(H,17,18). The van der Waals surface area contributed by atoms with Crippen LogP contribution in [-0.4, -0.2) is 32.1 Å². The zero-order valence-electron chi connectivity index (χ0n) is 11.8. The molecule has 1 aliphatic heterocycles. The minimum absolute atomic E-state index is 0.0542. The number of carbonyl (C=O) groups excluding carboxylic acids is 1. The monoisotopic (exact) mass is 262 g/mol. The lowest BCUT2D eigenvalue weighted by atomic mass is 9.97. The molecule has 2 N–H and O–H groups in total. The third-order valence-corrected chi connectivity index (χ3v) is 3.51. The van der Waals surface area contributed by atoms with Crippen molar-refractivity contribution in [3.63, 3.8) is 0 Å². The number of rotatable bonds is 3. The molecule has 1 aromatic rings. The largest absolute Gasteiger partial charge is 0.496 e. The number of methoxy groups -OCH3 is 1. The predicted octanol–water partition coefficient (Wildman–Crippen LogP) is 1.73. The molecule has 1 saturated heterocycles. The van der Waals surface area contributed by atoms with Crippen molar-refractivity contribution >= 4 is 5.91 Å². The van der Waals surface area contributed by atoms with Gasteiger partial charge in [-0.1, -0.05) is 18.6 Å². The van der Waals surface area contributed by atoms with Crippen LogP contribution in [0.15, 0.2) is 18.2 Å². The number of hydrogen-bond donors (Lipinski definition) is 2. The van der Waals surface area contributed by atoms with Crippen molar-refractivity contribution < 1.29 is 9.53 Å². The lowest BCUT2D eigenvalue weighted by molar-refractivity contribution is 0.0922. The van der Waals surface area contributed by atoms with Crippen LogP contribution in [0.3, 0.4) is 0 Å². The van der Waals surface area contributed by atoms with Crippen molar-refractivity contribution in [3.8, 4) is 5.75 Å². The van der Waals surface area contributed by atoms with Gasteiger partial charge in [0.1, 0.15) is 5.75 Å². The highest BCUT2D eigenvalue weighted by Crippen LogP contribution is 2.20. The summed E-state index contributed by atoms with van der Waals surface area (Å²) in [4.78, 5) is 12.3. The molecule has 1 heterocycles. The Labute approximate surface area is 114 Å². The Morgan fingerprint density at radius 3 is 2.89 bits per heavy atom. The molecule has 1 aliphatic rings. The van der Waals surface area contributed by atoms with Gasteiger partial charge >= 0.3 is 0 Å². The van der Waals surface area contributed by atoms with E-state index in [4.69, 9.17) is 4.74 Å². The molecule has 2 atom stereocenters. The van der Waals surface area contributed by atoms with E-state index in [1.165, 1.54) is 0 Å². The highest BCUT2D eigenvalue weighted by molar-refractivity contribution is 5.97. The van der Waals surface area contributed by atoms with Crippen LogP contribution in [0.1, 0.15) is 29.3 Å². The minimum Gasteiger partial charge on any atom is -0.496 e. The molecule has 4 heteroatoms. The van der Waals surface area contributed by atoms with E-state index < -0.39 is 0 Å². The molecule has 104 valence electrons. The van der Waals surface area contributed by atoms with Crippen molar-refractivity contribution in [3.05, 3.63) is 29.3 Å². The topological polar surface area (TPSA) is 50.4 Å². The Morgan fingerprint density at radius 1 is 1.42 bits per heavy atom. The van der Waals surface area contributed by atoms with Gasteiger partial charge in [-0.15, -0.1) is 0 Å². The molecule has 0 aromatic heterocycles. The molecule has 2 unspecified atom stereocenters. The maximum Gasteiger partial charge on any atom is 0.255 e. The van der Waals surface area contributed by atoms with Crippen LogP contribution in [0, 0.1) is 12.8 Å². The summed E-state index contributed by atoms with van der Waals surface area (Å²) in [6, 6.07) is 5.85. The van der Waals surface area contributed by atoms with Crippen LogP contribution in [0.5, 0.6) is 5.75 Å². The number of benzene rings is 1. The summed E-state index contributed by atoms with van der Waals surface area (Å²) in [6.45, 7) is 6.03. The van der Waals surface area contributed by atoms with Gasteiger partial charge in [-0.2, -0.15) is 0 Å². The summed E-state index contributed by atoms with van der Waals surface area (Å²) in [5.41, 5.74) is 1.67. The van der Waals surface area contributed by atoms with Crippen LogP contribution in [0.25, 0.3) is 0 Å². The number of hydrogen-bond acceptors (Lipinski definition) is 3. The van der Waals surface area contributed by atoms with Gasteiger partial charge in [-0.25, -0.2) is 0 Å². The summed E-state index contributed by atoms with van der Waals surface area (Å²) in [6.07, 6.45) is 1.02. The van der Waals surface area contributed by atoms with Gasteiger partial charge in [0.05, 0.1) is 12.7 Å². The number of amides is 1. The van der Waals surface area contributed by atoms with Gasteiger partial charge in [0.25, 0.3) is 5.91 Å². The van der Waals surface area contributed by atoms with E-state index in [9.17, 15) is 4.79 Å². The van der Waals surface area contributed by atoms with Crippen LogP contribution in [0.2, 0.25) is 0 Å². The van der Waals surface area contributed by atoms with Crippen molar-refractivity contribution in [2.45, 2.75) is 26.3 Å². The quantitative estimate of drug-likeness (QED) is 0.872. The molecule has 0 saturated carbocycles. The maximum absolute atomic E-state index is 12.3. The van der Waals surface area contributed by atoms with Gasteiger partial charge < -0.3 is 15.4 Å². The molecule has 0 spiro atoms. The van der Waals surface area contributed by atoms with Crippen LogP contribution in [-0.2, 0) is 0 Å². The molecule has 0 aliphatic carbocycles. The molecule has 19 heavy (non-hydrogen) atoms. The fourth-order valence-corrected chi connectivity index (χ4v) is 2.53. The molecule has 4 nitrogen and oxygen atoms in total. The summed E-state index contributed by atoms with van der Waals surface area (Å²) in [5.74, 6) is 1.17. The number of carbonyl (C=O) groups is 1. The van der Waals surface area contributed by atoms with Crippen molar-refractivity contribution in [2.75, 3.05) is 20.2 Å². The highest BCUT2D eigenvalue weighted by Gasteiger charge is 2.22. The summed E-state index contributed by atoms with van der Waals surface area (Å²) < 4.78 is 5.26. The zero-order chi connectivity index (χ0) is 13.8. The predicted molar refractivity (Wildman–Crippen MR) is 75.6 cm³/mol. The third-order valence-electron chi connectivity index (χ3n) is 3.51. The first-order valence-corrected chi connectivity index (χ1v) is 6.76. The van der Waals surface area contributed by atoms with Crippen molar-refractivity contribution in [1.29, 1.82) is 0 Å². The highest BCUT2D eigenvalue weighted by atomic mass is 16.5. The average molecular weight is 262 g/mol. The van der Waals surface area contributed by atoms with Crippen molar-refractivity contribution in [1.82, 2.24) is 10.6 Å². The number of ether oxygens (including phenoxy) is 1. The SMILES string of the molecule is COc1ccc(C)cc1C(=O)NC1CNCC(C)C1. The molecule has 1 aromatic carbocycles. The maximum atomic E-state index is 12.3. The summed E-state index contributed by atoms with van der Waals surface area (Å²) >= 11 is 0. The fraction of sp³-hybridized carbons (Fsp3) is 0.533. The normalized spacial score (nSPS) is 22.9. The van der Waals surface area contributed by atoms with E-state index in [0.29, 0.717) is 17.2 Å². The van der Waals surface area contributed by atoms with E-state index in [2.05, 4.69) is 17.6 Å². The molecule has 2 rings (SSSR count). The first kappa shape index (κ1) is 13.9. The summed E-state index contributed by atoms with van der Waals surface area (Å²) in [7, 11) is 1.59. The number of piperidine rings is 1. The van der Waals surface area contributed by atoms with E-state index in [0.717, 1.165) is 25.1 Å². The second-order valence-corrected chi connectivity index (χ2v) is 5.37. The Hall–Kier alpha value is -1.55. The minimum atomic E-state index is -0.0542. The first-order chi connectivity index (χ1) is 9.10. The van der Waals surface area contributed by atoms with Crippen LogP contribution < -0.4 is 15.4 Å². The second kappa shape index (κ2) is 6.06.